The number of hydrogen-bond donors (Lipinski definition) is 1. The Balaban J connectivity index is 0.00000225. The third-order valence-corrected chi connectivity index (χ3v) is 4.23. The molecule has 0 spiro atoms. The van der Waals surface area contributed by atoms with Gasteiger partial charge in [0.15, 0.2) is 0 Å². The highest BCUT2D eigenvalue weighted by Crippen LogP contribution is 2.31. The summed E-state index contributed by atoms with van der Waals surface area (Å²) < 4.78 is 6.05. The highest BCUT2D eigenvalue weighted by molar-refractivity contribution is 6.30. The molecule has 3 rings (SSSR count). The van der Waals surface area contributed by atoms with E-state index >= 15 is 0 Å². The van der Waals surface area contributed by atoms with E-state index in [-0.39, 0.29) is 12.4 Å². The van der Waals surface area contributed by atoms with E-state index in [1.807, 2.05) is 42.5 Å². The molecule has 2 nitrogen and oxygen atoms in total. The zero-order valence-electron chi connectivity index (χ0n) is 14.0. The van der Waals surface area contributed by atoms with Crippen molar-refractivity contribution >= 4 is 24.0 Å². The molecule has 0 heterocycles. The first-order chi connectivity index (χ1) is 11.7. The van der Waals surface area contributed by atoms with Gasteiger partial charge >= 0.3 is 0 Å². The van der Waals surface area contributed by atoms with Crippen molar-refractivity contribution in [3.63, 3.8) is 0 Å². The fourth-order valence-electron chi connectivity index (χ4n) is 2.74. The number of ether oxygens (including phenoxy) is 1. The molecule has 0 aliphatic carbocycles. The highest BCUT2D eigenvalue weighted by Gasteiger charge is 2.10. The molecule has 0 aromatic heterocycles. The molecule has 3 aromatic carbocycles. The van der Waals surface area contributed by atoms with Gasteiger partial charge in [0.2, 0.25) is 0 Å². The highest BCUT2D eigenvalue weighted by atomic mass is 35.5. The average molecular weight is 374 g/mol. The van der Waals surface area contributed by atoms with Crippen molar-refractivity contribution in [2.45, 2.75) is 20.1 Å². The predicted octanol–water partition coefficient (Wildman–Crippen LogP) is 5.77. The minimum Gasteiger partial charge on any atom is -0.488 e. The predicted molar refractivity (Wildman–Crippen MR) is 108 cm³/mol. The molecule has 0 atom stereocenters. The van der Waals surface area contributed by atoms with E-state index in [0.717, 1.165) is 38.6 Å². The smallest absolute Gasteiger partial charge is 0.127 e. The number of halogens is 2. The number of aryl methyl sites for hydroxylation is 1. The molecule has 0 radical (unpaired) electrons. The maximum atomic E-state index is 6.05. The van der Waals surface area contributed by atoms with Crippen molar-refractivity contribution in [2.75, 3.05) is 0 Å². The van der Waals surface area contributed by atoms with Gasteiger partial charge in [-0.3, -0.25) is 0 Å². The summed E-state index contributed by atoms with van der Waals surface area (Å²) >= 11 is 5.97. The van der Waals surface area contributed by atoms with Crippen LogP contribution >= 0.6 is 24.0 Å². The zero-order valence-corrected chi connectivity index (χ0v) is 15.6. The molecule has 4 heteroatoms. The van der Waals surface area contributed by atoms with Crippen LogP contribution in [0.25, 0.3) is 11.1 Å². The van der Waals surface area contributed by atoms with Crippen LogP contribution in [0.2, 0.25) is 5.02 Å². The van der Waals surface area contributed by atoms with Gasteiger partial charge in [0.1, 0.15) is 12.4 Å². The van der Waals surface area contributed by atoms with Crippen molar-refractivity contribution in [1.29, 1.82) is 0 Å². The average Bonchev–Trinajstić information content (AvgIpc) is 2.61. The SMILES string of the molecule is Cc1cc(-c2ccc(Cl)cc2)cc(CN)c1OCc1ccccc1.Cl. The maximum Gasteiger partial charge on any atom is 0.127 e. The maximum absolute atomic E-state index is 6.05. The number of hydrogen-bond acceptors (Lipinski definition) is 2. The van der Waals surface area contributed by atoms with Crippen molar-refractivity contribution in [3.05, 3.63) is 88.4 Å². The summed E-state index contributed by atoms with van der Waals surface area (Å²) in [5.74, 6) is 0.874. The van der Waals surface area contributed by atoms with Crippen LogP contribution < -0.4 is 10.5 Å². The summed E-state index contributed by atoms with van der Waals surface area (Å²) in [6.07, 6.45) is 0. The normalized spacial score (nSPS) is 10.2. The van der Waals surface area contributed by atoms with Crippen LogP contribution in [-0.4, -0.2) is 0 Å². The third-order valence-electron chi connectivity index (χ3n) is 3.98. The van der Waals surface area contributed by atoms with Crippen molar-refractivity contribution in [3.8, 4) is 16.9 Å². The molecular weight excluding hydrogens is 353 g/mol. The van der Waals surface area contributed by atoms with Gasteiger partial charge in [0.05, 0.1) is 0 Å². The lowest BCUT2D eigenvalue weighted by Crippen LogP contribution is -2.05. The van der Waals surface area contributed by atoms with Crippen molar-refractivity contribution in [2.24, 2.45) is 5.73 Å². The number of benzene rings is 3. The van der Waals surface area contributed by atoms with E-state index in [4.69, 9.17) is 22.1 Å². The lowest BCUT2D eigenvalue weighted by molar-refractivity contribution is 0.301. The first-order valence-corrected chi connectivity index (χ1v) is 8.31. The molecule has 2 N–H and O–H groups in total. The molecule has 0 saturated heterocycles. The van der Waals surface area contributed by atoms with E-state index in [9.17, 15) is 0 Å². The molecule has 25 heavy (non-hydrogen) atoms. The van der Waals surface area contributed by atoms with Gasteiger partial charge < -0.3 is 10.5 Å². The zero-order chi connectivity index (χ0) is 16.9. The summed E-state index contributed by atoms with van der Waals surface area (Å²) in [5, 5.41) is 0.734. The van der Waals surface area contributed by atoms with Crippen molar-refractivity contribution < 1.29 is 4.74 Å². The number of nitrogens with two attached hydrogens (primary N) is 1. The second-order valence-electron chi connectivity index (χ2n) is 5.77. The topological polar surface area (TPSA) is 35.2 Å². The van der Waals surface area contributed by atoms with Gasteiger partial charge in [0.25, 0.3) is 0 Å². The first-order valence-electron chi connectivity index (χ1n) is 7.93. The van der Waals surface area contributed by atoms with Gasteiger partial charge in [-0.2, -0.15) is 0 Å². The standard InChI is InChI=1S/C21H20ClNO.ClH/c1-15-11-18(17-7-9-20(22)10-8-17)12-19(13-23)21(15)24-14-16-5-3-2-4-6-16;/h2-12H,13-14,23H2,1H3;1H. The Labute approximate surface area is 160 Å². The van der Waals surface area contributed by atoms with Crippen LogP contribution in [0.15, 0.2) is 66.7 Å². The fourth-order valence-corrected chi connectivity index (χ4v) is 2.87. The van der Waals surface area contributed by atoms with Gasteiger partial charge in [-0.25, -0.2) is 0 Å². The summed E-state index contributed by atoms with van der Waals surface area (Å²) in [7, 11) is 0. The Morgan fingerprint density at radius 1 is 0.920 bits per heavy atom. The Bertz CT molecular complexity index is 817. The Hall–Kier alpha value is -2.00. The molecule has 0 saturated carbocycles. The van der Waals surface area contributed by atoms with E-state index in [2.05, 4.69) is 31.2 Å². The van der Waals surface area contributed by atoms with Gasteiger partial charge in [0, 0.05) is 17.1 Å². The minimum absolute atomic E-state index is 0. The molecule has 0 amide bonds. The fraction of sp³-hybridized carbons (Fsp3) is 0.143. The first kappa shape index (κ1) is 19.3. The van der Waals surface area contributed by atoms with Crippen LogP contribution in [0.1, 0.15) is 16.7 Å². The Morgan fingerprint density at radius 2 is 1.60 bits per heavy atom. The molecule has 0 unspecified atom stereocenters. The summed E-state index contributed by atoms with van der Waals surface area (Å²) in [6, 6.07) is 22.2. The second kappa shape index (κ2) is 8.91. The van der Waals surface area contributed by atoms with E-state index in [1.165, 1.54) is 0 Å². The summed E-state index contributed by atoms with van der Waals surface area (Å²) in [4.78, 5) is 0. The van der Waals surface area contributed by atoms with E-state index < -0.39 is 0 Å². The summed E-state index contributed by atoms with van der Waals surface area (Å²) in [5.41, 5.74) is 11.4. The lowest BCUT2D eigenvalue weighted by Gasteiger charge is -2.16. The molecular formula is C21H21Cl2NO. The molecule has 0 fully saturated rings. The minimum atomic E-state index is 0. The van der Waals surface area contributed by atoms with Gasteiger partial charge in [-0.15, -0.1) is 12.4 Å². The van der Waals surface area contributed by atoms with E-state index in [1.54, 1.807) is 0 Å². The second-order valence-corrected chi connectivity index (χ2v) is 6.20. The lowest BCUT2D eigenvalue weighted by atomic mass is 9.99. The molecule has 130 valence electrons. The molecule has 3 aromatic rings. The van der Waals surface area contributed by atoms with Crippen molar-refractivity contribution in [1.82, 2.24) is 0 Å². The molecule has 0 aliphatic rings. The van der Waals surface area contributed by atoms with E-state index in [0.29, 0.717) is 13.2 Å². The van der Waals surface area contributed by atoms with Gasteiger partial charge in [-0.1, -0.05) is 54.1 Å². The molecule has 0 aliphatic heterocycles. The largest absolute Gasteiger partial charge is 0.488 e. The quantitative estimate of drug-likeness (QED) is 0.615. The summed E-state index contributed by atoms with van der Waals surface area (Å²) in [6.45, 7) is 3.03. The van der Waals surface area contributed by atoms with Crippen LogP contribution in [0.4, 0.5) is 0 Å². The third kappa shape index (κ3) is 4.76. The van der Waals surface area contributed by atoms with Crippen LogP contribution in [0, 0.1) is 6.92 Å². The van der Waals surface area contributed by atoms with Crippen LogP contribution in [0.3, 0.4) is 0 Å². The monoisotopic (exact) mass is 373 g/mol. The number of rotatable bonds is 5. The van der Waals surface area contributed by atoms with Crippen LogP contribution in [-0.2, 0) is 13.2 Å². The Morgan fingerprint density at radius 3 is 2.24 bits per heavy atom. The van der Waals surface area contributed by atoms with Crippen LogP contribution in [0.5, 0.6) is 5.75 Å². The molecule has 0 bridgehead atoms. The Kier molecular flexibility index (Phi) is 6.89. The van der Waals surface area contributed by atoms with Gasteiger partial charge in [-0.05, 0) is 53.4 Å².